The maximum atomic E-state index is 10.9. The van der Waals surface area contributed by atoms with Crippen molar-refractivity contribution in [3.05, 3.63) is 11.9 Å². The molecule has 0 saturated carbocycles. The normalized spacial score (nSPS) is 11.3. The number of anilines is 2. The number of hydrogen-bond donors (Lipinski definition) is 3. The second-order valence-electron chi connectivity index (χ2n) is 4.03. The van der Waals surface area contributed by atoms with Gasteiger partial charge in [-0.25, -0.2) is 23.1 Å². The van der Waals surface area contributed by atoms with Crippen LogP contribution in [0.5, 0.6) is 0 Å². The molecule has 0 spiro atoms. The Labute approximate surface area is 114 Å². The first kappa shape index (κ1) is 15.6. The summed E-state index contributed by atoms with van der Waals surface area (Å²) in [5.74, 6) is 2.21. The van der Waals surface area contributed by atoms with Crippen LogP contribution in [0.4, 0.5) is 11.6 Å². The zero-order valence-electron chi connectivity index (χ0n) is 11.5. The van der Waals surface area contributed by atoms with Crippen LogP contribution < -0.4 is 15.4 Å². The van der Waals surface area contributed by atoms with Crippen LogP contribution in [0.1, 0.15) is 19.7 Å². The summed E-state index contributed by atoms with van der Waals surface area (Å²) in [5, 5.41) is 6.21. The molecule has 0 aliphatic carbocycles. The predicted molar refractivity (Wildman–Crippen MR) is 76.9 cm³/mol. The van der Waals surface area contributed by atoms with Crippen LogP contribution in [0.25, 0.3) is 0 Å². The van der Waals surface area contributed by atoms with Crippen LogP contribution in [0, 0.1) is 0 Å². The molecule has 0 atom stereocenters. The van der Waals surface area contributed by atoms with E-state index in [0.717, 1.165) is 30.9 Å². The fourth-order valence-corrected chi connectivity index (χ4v) is 1.92. The summed E-state index contributed by atoms with van der Waals surface area (Å²) in [7, 11) is -3.14. The molecule has 0 fully saturated rings. The molecule has 1 heterocycles. The maximum absolute atomic E-state index is 10.9. The smallest absolute Gasteiger partial charge is 0.208 e. The number of hydrogen-bond acceptors (Lipinski definition) is 6. The van der Waals surface area contributed by atoms with Crippen molar-refractivity contribution in [2.75, 3.05) is 36.5 Å². The molecule has 8 heteroatoms. The summed E-state index contributed by atoms with van der Waals surface area (Å²) < 4.78 is 24.2. The molecular weight excluding hydrogens is 266 g/mol. The van der Waals surface area contributed by atoms with Gasteiger partial charge in [-0.15, -0.1) is 0 Å². The minimum Gasteiger partial charge on any atom is -0.370 e. The molecule has 0 aromatic carbocycles. The minimum absolute atomic E-state index is 0.320. The first-order valence-electron chi connectivity index (χ1n) is 6.25. The average molecular weight is 287 g/mol. The van der Waals surface area contributed by atoms with E-state index in [-0.39, 0.29) is 0 Å². The Morgan fingerprint density at radius 2 is 1.74 bits per heavy atom. The van der Waals surface area contributed by atoms with Crippen LogP contribution in [-0.4, -0.2) is 44.3 Å². The number of aryl methyl sites for hydroxylation is 1. The molecular formula is C11H21N5O2S. The first-order chi connectivity index (χ1) is 8.94. The third kappa shape index (κ3) is 6.35. The van der Waals surface area contributed by atoms with Crippen molar-refractivity contribution in [2.24, 2.45) is 0 Å². The van der Waals surface area contributed by atoms with E-state index in [2.05, 4.69) is 25.3 Å². The molecule has 0 saturated heterocycles. The average Bonchev–Trinajstić information content (AvgIpc) is 2.34. The maximum Gasteiger partial charge on any atom is 0.208 e. The van der Waals surface area contributed by atoms with E-state index < -0.39 is 10.0 Å². The number of nitrogens with one attached hydrogen (secondary N) is 3. The zero-order chi connectivity index (χ0) is 14.3. The van der Waals surface area contributed by atoms with Crippen LogP contribution in [0.2, 0.25) is 0 Å². The lowest BCUT2D eigenvalue weighted by Crippen LogP contribution is -2.27. The Morgan fingerprint density at radius 3 is 2.26 bits per heavy atom. The van der Waals surface area contributed by atoms with Gasteiger partial charge in [0, 0.05) is 32.1 Å². The molecule has 0 aliphatic rings. The monoisotopic (exact) mass is 287 g/mol. The number of nitrogens with zero attached hydrogens (tertiary/aromatic N) is 2. The second kappa shape index (κ2) is 7.25. The summed E-state index contributed by atoms with van der Waals surface area (Å²) >= 11 is 0. The molecule has 0 bridgehead atoms. The van der Waals surface area contributed by atoms with Gasteiger partial charge in [0.2, 0.25) is 10.0 Å². The fourth-order valence-electron chi connectivity index (χ4n) is 1.44. The molecule has 0 amide bonds. The highest BCUT2D eigenvalue weighted by Crippen LogP contribution is 2.11. The van der Waals surface area contributed by atoms with E-state index in [9.17, 15) is 8.42 Å². The highest BCUT2D eigenvalue weighted by molar-refractivity contribution is 7.88. The van der Waals surface area contributed by atoms with Crippen molar-refractivity contribution in [3.8, 4) is 0 Å². The fraction of sp³-hybridized carbons (Fsp3) is 0.636. The molecule has 1 aromatic heterocycles. The quantitative estimate of drug-likeness (QED) is 0.600. The van der Waals surface area contributed by atoms with Gasteiger partial charge in [0.05, 0.1) is 6.26 Å². The highest BCUT2D eigenvalue weighted by atomic mass is 32.2. The second-order valence-corrected chi connectivity index (χ2v) is 5.86. The van der Waals surface area contributed by atoms with Crippen molar-refractivity contribution in [1.29, 1.82) is 0 Å². The van der Waals surface area contributed by atoms with Gasteiger partial charge in [-0.2, -0.15) is 0 Å². The number of aromatic nitrogens is 2. The van der Waals surface area contributed by atoms with E-state index in [1.807, 2.05) is 19.9 Å². The molecule has 0 radical (unpaired) electrons. The third-order valence-electron chi connectivity index (χ3n) is 2.24. The molecule has 1 aromatic rings. The van der Waals surface area contributed by atoms with Gasteiger partial charge in [-0.1, -0.05) is 6.92 Å². The largest absolute Gasteiger partial charge is 0.370 e. The van der Waals surface area contributed by atoms with Crippen LogP contribution in [0.3, 0.4) is 0 Å². The lowest BCUT2D eigenvalue weighted by molar-refractivity contribution is 0.589. The van der Waals surface area contributed by atoms with Crippen molar-refractivity contribution in [3.63, 3.8) is 0 Å². The van der Waals surface area contributed by atoms with E-state index in [1.165, 1.54) is 0 Å². The molecule has 108 valence electrons. The van der Waals surface area contributed by atoms with Gasteiger partial charge in [-0.05, 0) is 6.92 Å². The zero-order valence-corrected chi connectivity index (χ0v) is 12.3. The molecule has 0 unspecified atom stereocenters. The van der Waals surface area contributed by atoms with Gasteiger partial charge >= 0.3 is 0 Å². The Morgan fingerprint density at radius 1 is 1.11 bits per heavy atom. The number of sulfonamides is 1. The molecule has 0 aliphatic heterocycles. The lowest BCUT2D eigenvalue weighted by Gasteiger charge is -2.10. The van der Waals surface area contributed by atoms with E-state index in [1.54, 1.807) is 0 Å². The summed E-state index contributed by atoms with van der Waals surface area (Å²) in [6.45, 7) is 5.56. The van der Waals surface area contributed by atoms with Gasteiger partial charge < -0.3 is 10.6 Å². The topological polar surface area (TPSA) is 96.0 Å². The molecule has 19 heavy (non-hydrogen) atoms. The number of rotatable bonds is 8. The summed E-state index contributed by atoms with van der Waals surface area (Å²) in [4.78, 5) is 8.66. The summed E-state index contributed by atoms with van der Waals surface area (Å²) in [6.07, 6.45) is 1.88. The SMILES string of the molecule is CCNc1cc(NCCNS(C)(=O)=O)nc(CC)n1. The van der Waals surface area contributed by atoms with Gasteiger partial charge in [0.15, 0.2) is 0 Å². The summed E-state index contributed by atoms with van der Waals surface area (Å²) in [5.41, 5.74) is 0. The van der Waals surface area contributed by atoms with Crippen LogP contribution in [0.15, 0.2) is 6.07 Å². The Bertz CT molecular complexity index is 504. The first-order valence-corrected chi connectivity index (χ1v) is 8.14. The van der Waals surface area contributed by atoms with Gasteiger partial charge in [0.25, 0.3) is 0 Å². The van der Waals surface area contributed by atoms with E-state index in [0.29, 0.717) is 18.9 Å². The Kier molecular flexibility index (Phi) is 5.97. The van der Waals surface area contributed by atoms with Crippen molar-refractivity contribution in [2.45, 2.75) is 20.3 Å². The third-order valence-corrected chi connectivity index (χ3v) is 2.97. The van der Waals surface area contributed by atoms with Gasteiger partial charge in [-0.3, -0.25) is 0 Å². The molecule has 3 N–H and O–H groups in total. The summed E-state index contributed by atoms with van der Waals surface area (Å²) in [6, 6.07) is 1.81. The Hall–Kier alpha value is -1.41. The van der Waals surface area contributed by atoms with Crippen molar-refractivity contribution in [1.82, 2.24) is 14.7 Å². The highest BCUT2D eigenvalue weighted by Gasteiger charge is 2.03. The van der Waals surface area contributed by atoms with Crippen molar-refractivity contribution < 1.29 is 8.42 Å². The molecule has 1 rings (SSSR count). The molecule has 7 nitrogen and oxygen atoms in total. The lowest BCUT2D eigenvalue weighted by atomic mass is 10.4. The Balaban J connectivity index is 2.59. The van der Waals surface area contributed by atoms with Crippen molar-refractivity contribution >= 4 is 21.7 Å². The minimum atomic E-state index is -3.14. The van der Waals surface area contributed by atoms with Crippen LogP contribution in [-0.2, 0) is 16.4 Å². The standard InChI is InChI=1S/C11H21N5O2S/c1-4-9-15-10(12-5-2)8-11(16-9)13-6-7-14-19(3,17)18/h8,14H,4-7H2,1-3H3,(H2,12,13,15,16). The van der Waals surface area contributed by atoms with E-state index >= 15 is 0 Å². The predicted octanol–water partition coefficient (Wildman–Crippen LogP) is 0.432. The van der Waals surface area contributed by atoms with E-state index in [4.69, 9.17) is 0 Å². The van der Waals surface area contributed by atoms with Gasteiger partial charge in [0.1, 0.15) is 17.5 Å². The van der Waals surface area contributed by atoms with Crippen LogP contribution >= 0.6 is 0 Å².